The zero-order valence-electron chi connectivity index (χ0n) is 3.50. The molecule has 1 atom stereocenters. The third kappa shape index (κ3) is 1.88. The molecule has 0 spiro atoms. The lowest BCUT2D eigenvalue weighted by Crippen LogP contribution is -2.31. The van der Waals surface area contributed by atoms with E-state index in [1.54, 1.807) is 0 Å². The highest BCUT2D eigenvalue weighted by Crippen LogP contribution is 1.65. The quantitative estimate of drug-likeness (QED) is 0.332. The Labute approximate surface area is 39.9 Å². The molecule has 3 N–H and O–H groups in total. The van der Waals surface area contributed by atoms with Gasteiger partial charge in [-0.3, -0.25) is 4.79 Å². The van der Waals surface area contributed by atoms with Crippen LogP contribution in [0, 0.1) is 0 Å². The molecular formula is C3H5NO3. The van der Waals surface area contributed by atoms with Crippen molar-refractivity contribution >= 4 is 12.3 Å². The lowest BCUT2D eigenvalue weighted by Gasteiger charge is -1.89. The second kappa shape index (κ2) is 2.30. The first kappa shape index (κ1) is 6.10. The van der Waals surface area contributed by atoms with Crippen LogP contribution in [0.15, 0.2) is 0 Å². The third-order valence-corrected chi connectivity index (χ3v) is 0.432. The Balaban J connectivity index is 3.55. The van der Waals surface area contributed by atoms with Crippen LogP contribution in [0.25, 0.3) is 0 Å². The van der Waals surface area contributed by atoms with E-state index in [0.29, 0.717) is 0 Å². The summed E-state index contributed by atoms with van der Waals surface area (Å²) in [5.41, 5.74) is 4.65. The van der Waals surface area contributed by atoms with E-state index in [1.807, 2.05) is 0 Å². The topological polar surface area (TPSA) is 80.4 Å². The minimum Gasteiger partial charge on any atom is -0.480 e. The van der Waals surface area contributed by atoms with Gasteiger partial charge >= 0.3 is 5.97 Å². The van der Waals surface area contributed by atoms with E-state index < -0.39 is 12.0 Å². The molecule has 0 unspecified atom stereocenters. The van der Waals surface area contributed by atoms with Crippen molar-refractivity contribution in [2.45, 2.75) is 6.04 Å². The molecule has 0 amide bonds. The predicted octanol–water partition coefficient (Wildman–Crippen LogP) is -1.40. The third-order valence-electron chi connectivity index (χ3n) is 0.432. The van der Waals surface area contributed by atoms with Crippen LogP contribution in [-0.4, -0.2) is 23.4 Å². The summed E-state index contributed by atoms with van der Waals surface area (Å²) >= 11 is 0. The Hall–Kier alpha value is -0.900. The maximum atomic E-state index is 9.57. The maximum absolute atomic E-state index is 9.57. The summed E-state index contributed by atoms with van der Waals surface area (Å²) in [7, 11) is 0. The highest BCUT2D eigenvalue weighted by atomic mass is 16.4. The molecule has 0 fully saturated rings. The van der Waals surface area contributed by atoms with Crippen LogP contribution in [0.1, 0.15) is 0 Å². The maximum Gasteiger partial charge on any atom is 0.327 e. The van der Waals surface area contributed by atoms with Gasteiger partial charge < -0.3 is 15.6 Å². The standard InChI is InChI=1S/C3H5NO3/c4-2(1-5)3(6)7/h1-2H,4H2,(H,6,7)/t2-/m1/s1. The monoisotopic (exact) mass is 103 g/mol. The zero-order chi connectivity index (χ0) is 5.86. The van der Waals surface area contributed by atoms with E-state index in [9.17, 15) is 9.59 Å². The van der Waals surface area contributed by atoms with E-state index in [1.165, 1.54) is 0 Å². The summed E-state index contributed by atoms with van der Waals surface area (Å²) in [5.74, 6) is -1.30. The summed E-state index contributed by atoms with van der Waals surface area (Å²) in [5, 5.41) is 7.83. The normalized spacial score (nSPS) is 12.7. The van der Waals surface area contributed by atoms with Crippen LogP contribution in [0.5, 0.6) is 0 Å². The van der Waals surface area contributed by atoms with Crippen LogP contribution >= 0.6 is 0 Å². The Kier molecular flexibility index (Phi) is 2.01. The first-order valence-corrected chi connectivity index (χ1v) is 1.62. The molecule has 0 saturated carbocycles. The largest absolute Gasteiger partial charge is 0.480 e. The van der Waals surface area contributed by atoms with Crippen molar-refractivity contribution in [2.75, 3.05) is 0 Å². The number of hydrogen-bond acceptors (Lipinski definition) is 3. The molecular weight excluding hydrogens is 98.0 g/mol. The summed E-state index contributed by atoms with van der Waals surface area (Å²) in [6.07, 6.45) is 0.169. The van der Waals surface area contributed by atoms with Gasteiger partial charge in [-0.05, 0) is 0 Å². The van der Waals surface area contributed by atoms with E-state index in [2.05, 4.69) is 5.73 Å². The van der Waals surface area contributed by atoms with Gasteiger partial charge in [-0.25, -0.2) is 0 Å². The molecule has 0 aliphatic carbocycles. The molecule has 0 aromatic carbocycles. The van der Waals surface area contributed by atoms with Gasteiger partial charge in [0.2, 0.25) is 0 Å². The molecule has 4 nitrogen and oxygen atoms in total. The fourth-order valence-electron chi connectivity index (χ4n) is 0.0582. The predicted molar refractivity (Wildman–Crippen MR) is 21.7 cm³/mol. The average molecular weight is 103 g/mol. The second-order valence-electron chi connectivity index (χ2n) is 1.00. The lowest BCUT2D eigenvalue weighted by molar-refractivity contribution is -0.139. The van der Waals surface area contributed by atoms with Gasteiger partial charge in [-0.2, -0.15) is 0 Å². The minimum atomic E-state index is -1.36. The van der Waals surface area contributed by atoms with Gasteiger partial charge in [0.1, 0.15) is 6.29 Å². The van der Waals surface area contributed by atoms with Crippen LogP contribution in [0.2, 0.25) is 0 Å². The van der Waals surface area contributed by atoms with Crippen LogP contribution in [0.3, 0.4) is 0 Å². The molecule has 0 heterocycles. The number of nitrogens with two attached hydrogens (primary N) is 1. The van der Waals surface area contributed by atoms with E-state index in [0.717, 1.165) is 0 Å². The van der Waals surface area contributed by atoms with Crippen molar-refractivity contribution in [1.29, 1.82) is 0 Å². The molecule has 7 heavy (non-hydrogen) atoms. The molecule has 0 saturated heterocycles. The molecule has 0 radical (unpaired) electrons. The zero-order valence-corrected chi connectivity index (χ0v) is 3.50. The minimum absolute atomic E-state index is 0.169. The highest BCUT2D eigenvalue weighted by Gasteiger charge is 2.06. The van der Waals surface area contributed by atoms with Crippen molar-refractivity contribution in [2.24, 2.45) is 5.73 Å². The molecule has 0 aliphatic rings. The van der Waals surface area contributed by atoms with Gasteiger partial charge in [0, 0.05) is 0 Å². The Morgan fingerprint density at radius 3 is 2.29 bits per heavy atom. The molecule has 0 aromatic heterocycles. The molecule has 0 aromatic rings. The molecule has 0 rings (SSSR count). The summed E-state index contributed by atoms with van der Waals surface area (Å²) in [6.45, 7) is 0. The van der Waals surface area contributed by atoms with Crippen molar-refractivity contribution in [3.05, 3.63) is 0 Å². The fraction of sp³-hybridized carbons (Fsp3) is 0.333. The smallest absolute Gasteiger partial charge is 0.327 e. The number of carboxylic acids is 1. The number of aliphatic carboxylic acids is 1. The summed E-state index contributed by atoms with van der Waals surface area (Å²) in [6, 6.07) is -1.36. The second-order valence-corrected chi connectivity index (χ2v) is 1.00. The van der Waals surface area contributed by atoms with Gasteiger partial charge in [-0.15, -0.1) is 0 Å². The number of aldehydes is 1. The van der Waals surface area contributed by atoms with Gasteiger partial charge in [0.15, 0.2) is 6.04 Å². The Morgan fingerprint density at radius 1 is 1.86 bits per heavy atom. The fourth-order valence-corrected chi connectivity index (χ4v) is 0.0582. The lowest BCUT2D eigenvalue weighted by atomic mass is 10.4. The number of carboxylic acid groups (broad SMARTS) is 1. The van der Waals surface area contributed by atoms with Gasteiger partial charge in [0.05, 0.1) is 0 Å². The van der Waals surface area contributed by atoms with Crippen molar-refractivity contribution in [3.63, 3.8) is 0 Å². The van der Waals surface area contributed by atoms with Crippen molar-refractivity contribution in [1.82, 2.24) is 0 Å². The molecule has 4 heteroatoms. The van der Waals surface area contributed by atoms with E-state index >= 15 is 0 Å². The van der Waals surface area contributed by atoms with Crippen LogP contribution in [-0.2, 0) is 9.59 Å². The first-order chi connectivity index (χ1) is 3.18. The highest BCUT2D eigenvalue weighted by molar-refractivity contribution is 5.90. The number of carbonyl (C=O) groups excluding carboxylic acids is 1. The average Bonchev–Trinajstić information content (AvgIpc) is 1.65. The van der Waals surface area contributed by atoms with Gasteiger partial charge in [-0.1, -0.05) is 0 Å². The Bertz CT molecular complexity index is 90.2. The summed E-state index contributed by atoms with van der Waals surface area (Å²) < 4.78 is 0. The molecule has 40 valence electrons. The van der Waals surface area contributed by atoms with E-state index in [4.69, 9.17) is 5.11 Å². The SMILES string of the molecule is N[C@H](C=O)C(=O)O. The molecule has 0 aliphatic heterocycles. The van der Waals surface area contributed by atoms with Crippen LogP contribution in [0.4, 0.5) is 0 Å². The number of hydrogen-bond donors (Lipinski definition) is 2. The number of carbonyl (C=O) groups is 2. The van der Waals surface area contributed by atoms with Gasteiger partial charge in [0.25, 0.3) is 0 Å². The van der Waals surface area contributed by atoms with Crippen molar-refractivity contribution in [3.8, 4) is 0 Å². The molecule has 0 bridgehead atoms. The summed E-state index contributed by atoms with van der Waals surface area (Å²) in [4.78, 5) is 19.0. The number of rotatable bonds is 2. The first-order valence-electron chi connectivity index (χ1n) is 1.62. The Morgan fingerprint density at radius 2 is 2.29 bits per heavy atom. The van der Waals surface area contributed by atoms with E-state index in [-0.39, 0.29) is 6.29 Å². The van der Waals surface area contributed by atoms with Crippen LogP contribution < -0.4 is 5.73 Å². The van der Waals surface area contributed by atoms with Crippen molar-refractivity contribution < 1.29 is 14.7 Å².